The maximum atomic E-state index is 6.35. The van der Waals surface area contributed by atoms with Crippen LogP contribution in [0.5, 0.6) is 11.5 Å². The molecular formula is C18H22ClNO2. The van der Waals surface area contributed by atoms with Crippen LogP contribution in [0, 0.1) is 0 Å². The van der Waals surface area contributed by atoms with E-state index >= 15 is 0 Å². The van der Waals surface area contributed by atoms with E-state index in [1.165, 1.54) is 0 Å². The van der Waals surface area contributed by atoms with E-state index in [0.717, 1.165) is 11.1 Å². The number of methoxy groups -OCH3 is 1. The van der Waals surface area contributed by atoms with Crippen LogP contribution in [0.25, 0.3) is 0 Å². The molecule has 1 N–H and O–H groups in total. The fourth-order valence-electron chi connectivity index (χ4n) is 2.03. The summed E-state index contributed by atoms with van der Waals surface area (Å²) in [5, 5.41) is 4.03. The van der Waals surface area contributed by atoms with Crippen LogP contribution in [0.15, 0.2) is 42.5 Å². The van der Waals surface area contributed by atoms with Crippen molar-refractivity contribution in [3.8, 4) is 11.5 Å². The average molecular weight is 320 g/mol. The molecule has 0 saturated carbocycles. The Bertz CT molecular complexity index is 600. The van der Waals surface area contributed by atoms with E-state index in [9.17, 15) is 0 Å². The molecule has 2 rings (SSSR count). The number of hydrogen-bond donors (Lipinski definition) is 1. The van der Waals surface area contributed by atoms with Crippen LogP contribution in [0.4, 0.5) is 0 Å². The Labute approximate surface area is 137 Å². The maximum Gasteiger partial charge on any atom is 0.163 e. The van der Waals surface area contributed by atoms with E-state index in [4.69, 9.17) is 21.1 Å². The van der Waals surface area contributed by atoms with Crippen molar-refractivity contribution in [2.24, 2.45) is 0 Å². The lowest BCUT2D eigenvalue weighted by molar-refractivity contribution is 0.284. The van der Waals surface area contributed by atoms with Crippen LogP contribution in [0.1, 0.15) is 25.0 Å². The van der Waals surface area contributed by atoms with Gasteiger partial charge in [0, 0.05) is 23.7 Å². The third-order valence-corrected chi connectivity index (χ3v) is 3.62. The number of nitrogens with one attached hydrogen (secondary N) is 1. The van der Waals surface area contributed by atoms with Crippen LogP contribution in [-0.2, 0) is 13.2 Å². The van der Waals surface area contributed by atoms with E-state index in [0.29, 0.717) is 35.7 Å². The molecule has 22 heavy (non-hydrogen) atoms. The van der Waals surface area contributed by atoms with Gasteiger partial charge in [-0.25, -0.2) is 0 Å². The van der Waals surface area contributed by atoms with Gasteiger partial charge in [-0.05, 0) is 17.2 Å². The molecule has 0 aliphatic heterocycles. The number of halogens is 1. The standard InChI is InChI=1S/C18H22ClNO2/c1-13(2)20-11-15-9-17(21-3)18(10-16(15)19)22-12-14-7-5-4-6-8-14/h4-10,13,20H,11-12H2,1-3H3. The summed E-state index contributed by atoms with van der Waals surface area (Å²) >= 11 is 6.35. The van der Waals surface area contributed by atoms with Crippen molar-refractivity contribution in [3.05, 3.63) is 58.6 Å². The highest BCUT2D eigenvalue weighted by molar-refractivity contribution is 6.31. The summed E-state index contributed by atoms with van der Waals surface area (Å²) in [5.74, 6) is 1.35. The fraction of sp³-hybridized carbons (Fsp3) is 0.333. The van der Waals surface area contributed by atoms with Gasteiger partial charge in [0.2, 0.25) is 0 Å². The topological polar surface area (TPSA) is 30.5 Å². The lowest BCUT2D eigenvalue weighted by Gasteiger charge is -2.15. The Morgan fingerprint density at radius 3 is 2.45 bits per heavy atom. The summed E-state index contributed by atoms with van der Waals surface area (Å²) < 4.78 is 11.3. The molecule has 0 amide bonds. The van der Waals surface area contributed by atoms with Gasteiger partial charge in [0.25, 0.3) is 0 Å². The molecule has 0 aromatic heterocycles. The first kappa shape index (κ1) is 16.7. The highest BCUT2D eigenvalue weighted by Gasteiger charge is 2.11. The molecule has 2 aromatic rings. The molecular weight excluding hydrogens is 298 g/mol. The highest BCUT2D eigenvalue weighted by atomic mass is 35.5. The molecule has 4 heteroatoms. The summed E-state index contributed by atoms with van der Waals surface area (Å²) in [4.78, 5) is 0. The Morgan fingerprint density at radius 1 is 1.09 bits per heavy atom. The summed E-state index contributed by atoms with van der Waals surface area (Å²) in [7, 11) is 1.64. The average Bonchev–Trinajstić information content (AvgIpc) is 2.52. The number of benzene rings is 2. The second-order valence-electron chi connectivity index (χ2n) is 5.40. The van der Waals surface area contributed by atoms with Gasteiger partial charge in [0.05, 0.1) is 7.11 Å². The minimum atomic E-state index is 0.399. The summed E-state index contributed by atoms with van der Waals surface area (Å²) in [6.07, 6.45) is 0. The highest BCUT2D eigenvalue weighted by Crippen LogP contribution is 2.34. The first-order valence-corrected chi connectivity index (χ1v) is 7.74. The van der Waals surface area contributed by atoms with Crippen molar-refractivity contribution >= 4 is 11.6 Å². The van der Waals surface area contributed by atoms with Gasteiger partial charge in [0.1, 0.15) is 6.61 Å². The molecule has 0 fully saturated rings. The van der Waals surface area contributed by atoms with E-state index < -0.39 is 0 Å². The van der Waals surface area contributed by atoms with Crippen LogP contribution in [0.3, 0.4) is 0 Å². The lowest BCUT2D eigenvalue weighted by atomic mass is 10.2. The first-order chi connectivity index (χ1) is 10.6. The smallest absolute Gasteiger partial charge is 0.163 e. The largest absolute Gasteiger partial charge is 0.493 e. The zero-order valence-corrected chi connectivity index (χ0v) is 14.0. The zero-order valence-electron chi connectivity index (χ0n) is 13.2. The van der Waals surface area contributed by atoms with E-state index in [2.05, 4.69) is 19.2 Å². The van der Waals surface area contributed by atoms with E-state index in [1.807, 2.05) is 42.5 Å². The van der Waals surface area contributed by atoms with Crippen molar-refractivity contribution in [2.45, 2.75) is 33.0 Å². The molecule has 0 radical (unpaired) electrons. The number of rotatable bonds is 7. The molecule has 0 spiro atoms. The first-order valence-electron chi connectivity index (χ1n) is 7.36. The van der Waals surface area contributed by atoms with Crippen molar-refractivity contribution < 1.29 is 9.47 Å². The summed E-state index contributed by atoms with van der Waals surface area (Å²) in [6.45, 7) is 5.38. The zero-order chi connectivity index (χ0) is 15.9. The Kier molecular flexibility index (Phi) is 6.10. The third kappa shape index (κ3) is 4.65. The quantitative estimate of drug-likeness (QED) is 0.819. The maximum absolute atomic E-state index is 6.35. The molecule has 0 saturated heterocycles. The van der Waals surface area contributed by atoms with Crippen LogP contribution < -0.4 is 14.8 Å². The normalized spacial score (nSPS) is 10.8. The predicted molar refractivity (Wildman–Crippen MR) is 90.8 cm³/mol. The summed E-state index contributed by atoms with van der Waals surface area (Å²) in [5.41, 5.74) is 2.10. The van der Waals surface area contributed by atoms with Crippen molar-refractivity contribution in [2.75, 3.05) is 7.11 Å². The van der Waals surface area contributed by atoms with Crippen molar-refractivity contribution in [1.82, 2.24) is 5.32 Å². The van der Waals surface area contributed by atoms with Crippen LogP contribution in [-0.4, -0.2) is 13.2 Å². The molecule has 0 atom stereocenters. The van der Waals surface area contributed by atoms with Crippen molar-refractivity contribution in [3.63, 3.8) is 0 Å². The van der Waals surface area contributed by atoms with Gasteiger partial charge in [-0.15, -0.1) is 0 Å². The Hall–Kier alpha value is -1.71. The molecule has 0 heterocycles. The van der Waals surface area contributed by atoms with Crippen molar-refractivity contribution in [1.29, 1.82) is 0 Å². The van der Waals surface area contributed by atoms with Gasteiger partial charge in [0.15, 0.2) is 11.5 Å². The monoisotopic (exact) mass is 319 g/mol. The van der Waals surface area contributed by atoms with Crippen LogP contribution in [0.2, 0.25) is 5.02 Å². The van der Waals surface area contributed by atoms with E-state index in [-0.39, 0.29) is 0 Å². The molecule has 0 aliphatic rings. The van der Waals surface area contributed by atoms with Crippen LogP contribution >= 0.6 is 11.6 Å². The van der Waals surface area contributed by atoms with Gasteiger partial charge in [-0.2, -0.15) is 0 Å². The SMILES string of the molecule is COc1cc(CNC(C)C)c(Cl)cc1OCc1ccccc1. The fourth-order valence-corrected chi connectivity index (χ4v) is 2.25. The minimum Gasteiger partial charge on any atom is -0.493 e. The molecule has 3 nitrogen and oxygen atoms in total. The van der Waals surface area contributed by atoms with Gasteiger partial charge in [-0.1, -0.05) is 55.8 Å². The van der Waals surface area contributed by atoms with Gasteiger partial charge in [-0.3, -0.25) is 0 Å². The summed E-state index contributed by atoms with van der Waals surface area (Å²) in [6, 6.07) is 14.2. The minimum absolute atomic E-state index is 0.399. The van der Waals surface area contributed by atoms with Gasteiger partial charge < -0.3 is 14.8 Å². The lowest BCUT2D eigenvalue weighted by Crippen LogP contribution is -2.22. The Balaban J connectivity index is 2.12. The number of ether oxygens (including phenoxy) is 2. The third-order valence-electron chi connectivity index (χ3n) is 3.27. The van der Waals surface area contributed by atoms with E-state index in [1.54, 1.807) is 7.11 Å². The second kappa shape index (κ2) is 8.06. The predicted octanol–water partition coefficient (Wildman–Crippen LogP) is 4.43. The molecule has 2 aromatic carbocycles. The molecule has 118 valence electrons. The second-order valence-corrected chi connectivity index (χ2v) is 5.81. The Morgan fingerprint density at radius 2 is 1.82 bits per heavy atom. The molecule has 0 aliphatic carbocycles. The number of hydrogen-bond acceptors (Lipinski definition) is 3. The molecule has 0 bridgehead atoms. The molecule has 0 unspecified atom stereocenters. The van der Waals surface area contributed by atoms with Gasteiger partial charge >= 0.3 is 0 Å².